The molecule has 5 heavy (non-hydrogen) atoms. The van der Waals surface area contributed by atoms with E-state index in [-0.39, 0.29) is 8.07 Å². The Hall–Kier alpha value is 0.130. The Bertz CT molecular complexity index is 33.9. The number of nitrogens with two attached hydrogens (primary N) is 1. The summed E-state index contributed by atoms with van der Waals surface area (Å²) < 4.78 is 0. The first-order valence-corrected chi connectivity index (χ1v) is 3.30. The molecule has 2 N–H and O–H groups in total. The molecule has 0 aliphatic rings. The molecule has 1 atom stereocenters. The van der Waals surface area contributed by atoms with Crippen molar-refractivity contribution < 1.29 is 0 Å². The summed E-state index contributed by atoms with van der Waals surface area (Å²) in [6.45, 7) is 5.41. The molecule has 0 fully saturated rings. The van der Waals surface area contributed by atoms with Crippen molar-refractivity contribution >= 4 is 8.07 Å². The van der Waals surface area contributed by atoms with Gasteiger partial charge in [-0.3, -0.25) is 0 Å². The van der Waals surface area contributed by atoms with Crippen LogP contribution in [0.2, 0.25) is 0 Å². The van der Waals surface area contributed by atoms with Crippen LogP contribution >= 0.6 is 8.07 Å². The standard InChI is InChI=1S/C3H8NP/c1-3-5(2)4/h3H,1,4H2,2H3. The fourth-order valence-corrected chi connectivity index (χ4v) is 0. The summed E-state index contributed by atoms with van der Waals surface area (Å²) in [5.74, 6) is 1.76. The van der Waals surface area contributed by atoms with Crippen LogP contribution in [0.15, 0.2) is 12.4 Å². The van der Waals surface area contributed by atoms with Crippen molar-refractivity contribution in [2.75, 3.05) is 6.66 Å². The topological polar surface area (TPSA) is 26.0 Å². The molecule has 1 unspecified atom stereocenters. The second kappa shape index (κ2) is 2.37. The third kappa shape index (κ3) is 4.13. The van der Waals surface area contributed by atoms with Crippen LogP contribution in [0, 0.1) is 0 Å². The first-order valence-electron chi connectivity index (χ1n) is 1.37. The van der Waals surface area contributed by atoms with Crippen LogP contribution < -0.4 is 5.50 Å². The van der Waals surface area contributed by atoms with Gasteiger partial charge in [-0.1, -0.05) is 12.4 Å². The van der Waals surface area contributed by atoms with E-state index in [2.05, 4.69) is 6.58 Å². The van der Waals surface area contributed by atoms with Gasteiger partial charge in [0.1, 0.15) is 0 Å². The van der Waals surface area contributed by atoms with Crippen molar-refractivity contribution in [1.82, 2.24) is 0 Å². The third-order valence-corrected chi connectivity index (χ3v) is 0.864. The van der Waals surface area contributed by atoms with Crippen molar-refractivity contribution in [2.24, 2.45) is 5.50 Å². The average Bonchev–Trinajstić information content (AvgIpc) is 1.38. The third-order valence-electron chi connectivity index (χ3n) is 0.288. The lowest BCUT2D eigenvalue weighted by Gasteiger charge is -1.86. The van der Waals surface area contributed by atoms with E-state index in [1.807, 2.05) is 6.66 Å². The molecular weight excluding hydrogens is 81.0 g/mol. The minimum atomic E-state index is -0.334. The summed E-state index contributed by atoms with van der Waals surface area (Å²) in [5.41, 5.74) is 5.24. The summed E-state index contributed by atoms with van der Waals surface area (Å²) in [6.07, 6.45) is 0. The Morgan fingerprint density at radius 3 is 2.20 bits per heavy atom. The Morgan fingerprint density at radius 1 is 2.00 bits per heavy atom. The van der Waals surface area contributed by atoms with E-state index in [1.54, 1.807) is 5.82 Å². The van der Waals surface area contributed by atoms with Crippen LogP contribution in [0.1, 0.15) is 0 Å². The van der Waals surface area contributed by atoms with E-state index >= 15 is 0 Å². The van der Waals surface area contributed by atoms with Gasteiger partial charge in [0.15, 0.2) is 0 Å². The largest absolute Gasteiger partial charge is 0.307 e. The van der Waals surface area contributed by atoms with E-state index in [0.717, 1.165) is 0 Å². The van der Waals surface area contributed by atoms with Gasteiger partial charge in [-0.25, -0.2) is 0 Å². The van der Waals surface area contributed by atoms with E-state index in [1.165, 1.54) is 0 Å². The second-order valence-electron chi connectivity index (χ2n) is 0.848. The fourth-order valence-electron chi connectivity index (χ4n) is 0. The van der Waals surface area contributed by atoms with Gasteiger partial charge in [-0.05, 0) is 14.7 Å². The summed E-state index contributed by atoms with van der Waals surface area (Å²) in [5, 5.41) is 0. The highest BCUT2D eigenvalue weighted by Gasteiger charge is 1.72. The molecule has 0 aromatic heterocycles. The minimum absolute atomic E-state index is 0.334. The molecule has 0 aliphatic heterocycles. The quantitative estimate of drug-likeness (QED) is 0.478. The van der Waals surface area contributed by atoms with Gasteiger partial charge in [0.25, 0.3) is 0 Å². The van der Waals surface area contributed by atoms with Crippen LogP contribution in [-0.4, -0.2) is 6.66 Å². The van der Waals surface area contributed by atoms with Crippen LogP contribution in [0.5, 0.6) is 0 Å². The molecule has 2 heteroatoms. The molecule has 0 amide bonds. The maximum atomic E-state index is 5.24. The number of rotatable bonds is 1. The van der Waals surface area contributed by atoms with Crippen molar-refractivity contribution in [3.05, 3.63) is 12.4 Å². The molecule has 0 radical (unpaired) electrons. The van der Waals surface area contributed by atoms with Gasteiger partial charge < -0.3 is 5.50 Å². The highest BCUT2D eigenvalue weighted by Crippen LogP contribution is 2.17. The molecule has 0 bridgehead atoms. The molecule has 0 spiro atoms. The van der Waals surface area contributed by atoms with Gasteiger partial charge >= 0.3 is 0 Å². The van der Waals surface area contributed by atoms with Gasteiger partial charge in [-0.2, -0.15) is 0 Å². The van der Waals surface area contributed by atoms with Crippen molar-refractivity contribution in [3.8, 4) is 0 Å². The minimum Gasteiger partial charge on any atom is -0.307 e. The molecular formula is C3H8NP. The predicted octanol–water partition coefficient (Wildman–Crippen LogP) is 1.12. The summed E-state index contributed by atoms with van der Waals surface area (Å²) in [7, 11) is -0.334. The van der Waals surface area contributed by atoms with Gasteiger partial charge in [0.05, 0.1) is 0 Å². The monoisotopic (exact) mass is 89.0 g/mol. The normalized spacial score (nSPS) is 14.0. The van der Waals surface area contributed by atoms with E-state index in [0.29, 0.717) is 0 Å². The molecule has 0 rings (SSSR count). The summed E-state index contributed by atoms with van der Waals surface area (Å²) in [4.78, 5) is 0. The van der Waals surface area contributed by atoms with Crippen molar-refractivity contribution in [2.45, 2.75) is 0 Å². The molecule has 0 aromatic rings. The SMILES string of the molecule is C=CP(C)N. The summed E-state index contributed by atoms with van der Waals surface area (Å²) in [6, 6.07) is 0. The van der Waals surface area contributed by atoms with Crippen LogP contribution in [0.4, 0.5) is 0 Å². The zero-order chi connectivity index (χ0) is 4.28. The highest BCUT2D eigenvalue weighted by atomic mass is 31.1. The smallest absolute Gasteiger partial charge is 0.0210 e. The first-order chi connectivity index (χ1) is 2.27. The van der Waals surface area contributed by atoms with E-state index in [4.69, 9.17) is 5.50 Å². The molecule has 0 aliphatic carbocycles. The van der Waals surface area contributed by atoms with Crippen LogP contribution in [0.25, 0.3) is 0 Å². The predicted molar refractivity (Wildman–Crippen MR) is 27.2 cm³/mol. The first kappa shape index (κ1) is 5.13. The molecule has 30 valence electrons. The van der Waals surface area contributed by atoms with Crippen LogP contribution in [-0.2, 0) is 0 Å². The zero-order valence-electron chi connectivity index (χ0n) is 3.31. The maximum Gasteiger partial charge on any atom is -0.0210 e. The van der Waals surface area contributed by atoms with Gasteiger partial charge in [0, 0.05) is 0 Å². The molecule has 0 saturated carbocycles. The molecule has 0 heterocycles. The molecule has 0 saturated heterocycles. The van der Waals surface area contributed by atoms with Gasteiger partial charge in [-0.15, -0.1) is 0 Å². The van der Waals surface area contributed by atoms with E-state index < -0.39 is 0 Å². The average molecular weight is 89.1 g/mol. The maximum absolute atomic E-state index is 5.24. The van der Waals surface area contributed by atoms with Gasteiger partial charge in [0.2, 0.25) is 0 Å². The van der Waals surface area contributed by atoms with Crippen molar-refractivity contribution in [1.29, 1.82) is 0 Å². The second-order valence-corrected chi connectivity index (χ2v) is 2.54. The lowest BCUT2D eigenvalue weighted by Crippen LogP contribution is -1.75. The van der Waals surface area contributed by atoms with Crippen molar-refractivity contribution in [3.63, 3.8) is 0 Å². The Kier molecular flexibility index (Phi) is 2.43. The Labute approximate surface area is 33.7 Å². The summed E-state index contributed by atoms with van der Waals surface area (Å²) >= 11 is 0. The van der Waals surface area contributed by atoms with E-state index in [9.17, 15) is 0 Å². The number of hydrogen-bond donors (Lipinski definition) is 1. The Morgan fingerprint density at radius 2 is 2.20 bits per heavy atom. The zero-order valence-corrected chi connectivity index (χ0v) is 4.20. The fraction of sp³-hybridized carbons (Fsp3) is 0.333. The lowest BCUT2D eigenvalue weighted by molar-refractivity contribution is 1.93. The number of hydrogen-bond acceptors (Lipinski definition) is 1. The Balaban J connectivity index is 2.83. The molecule has 0 aromatic carbocycles. The molecule has 1 nitrogen and oxygen atoms in total. The van der Waals surface area contributed by atoms with Crippen LogP contribution in [0.3, 0.4) is 0 Å². The lowest BCUT2D eigenvalue weighted by atomic mass is 11.3. The highest BCUT2D eigenvalue weighted by molar-refractivity contribution is 7.57.